The maximum atomic E-state index is 12.0. The highest BCUT2D eigenvalue weighted by Crippen LogP contribution is 2.26. The van der Waals surface area contributed by atoms with Gasteiger partial charge in [-0.15, -0.1) is 0 Å². The summed E-state index contributed by atoms with van der Waals surface area (Å²) in [6, 6.07) is 10.4. The lowest BCUT2D eigenvalue weighted by atomic mass is 10.1. The average molecular weight is 371 g/mol. The van der Waals surface area contributed by atoms with E-state index in [2.05, 4.69) is 16.0 Å². The Balaban J connectivity index is 2.12. The fourth-order valence-corrected chi connectivity index (χ4v) is 2.36. The Labute approximate surface area is 156 Å². The molecule has 27 heavy (non-hydrogen) atoms. The summed E-state index contributed by atoms with van der Waals surface area (Å²) in [6.07, 6.45) is 0. The molecule has 0 aliphatic rings. The molecule has 5 N–H and O–H groups in total. The number of nitrogens with two attached hydrogens (primary N) is 1. The van der Waals surface area contributed by atoms with E-state index in [1.807, 2.05) is 13.8 Å². The highest BCUT2D eigenvalue weighted by molar-refractivity contribution is 5.95. The summed E-state index contributed by atoms with van der Waals surface area (Å²) in [4.78, 5) is 33.7. The van der Waals surface area contributed by atoms with E-state index in [1.165, 1.54) is 18.2 Å². The number of nitro benzene ring substituents is 1. The molecule has 0 atom stereocenters. The van der Waals surface area contributed by atoms with Gasteiger partial charge in [-0.25, -0.2) is 4.79 Å². The van der Waals surface area contributed by atoms with Crippen LogP contribution in [0.4, 0.5) is 21.9 Å². The molecule has 142 valence electrons. The average Bonchev–Trinajstić information content (AvgIpc) is 2.59. The molecular formula is C18H21N5O4. The largest absolute Gasteiger partial charge is 0.375 e. The molecule has 2 aromatic carbocycles. The Morgan fingerprint density at radius 3 is 2.37 bits per heavy atom. The Morgan fingerprint density at radius 1 is 1.15 bits per heavy atom. The van der Waals surface area contributed by atoms with E-state index in [4.69, 9.17) is 5.73 Å². The van der Waals surface area contributed by atoms with E-state index in [9.17, 15) is 19.7 Å². The molecule has 0 fully saturated rings. The highest BCUT2D eigenvalue weighted by Gasteiger charge is 2.18. The number of amides is 3. The van der Waals surface area contributed by atoms with Gasteiger partial charge in [-0.3, -0.25) is 14.9 Å². The first-order valence-corrected chi connectivity index (χ1v) is 8.25. The van der Waals surface area contributed by atoms with Gasteiger partial charge in [0.15, 0.2) is 0 Å². The van der Waals surface area contributed by atoms with E-state index < -0.39 is 11.0 Å². The van der Waals surface area contributed by atoms with Crippen molar-refractivity contribution in [3.8, 4) is 0 Å². The summed E-state index contributed by atoms with van der Waals surface area (Å²) < 4.78 is 0. The van der Waals surface area contributed by atoms with E-state index in [1.54, 1.807) is 24.3 Å². The van der Waals surface area contributed by atoms with Crippen LogP contribution in [-0.2, 0) is 6.54 Å². The zero-order valence-corrected chi connectivity index (χ0v) is 15.0. The van der Waals surface area contributed by atoms with E-state index >= 15 is 0 Å². The van der Waals surface area contributed by atoms with Crippen LogP contribution in [-0.4, -0.2) is 22.9 Å². The predicted molar refractivity (Wildman–Crippen MR) is 103 cm³/mol. The van der Waals surface area contributed by atoms with Crippen LogP contribution >= 0.6 is 0 Å². The minimum absolute atomic E-state index is 0.0682. The molecule has 2 aromatic rings. The second-order valence-electron chi connectivity index (χ2n) is 6.16. The molecule has 0 saturated heterocycles. The Kier molecular flexibility index (Phi) is 6.32. The molecule has 9 heteroatoms. The molecule has 0 bridgehead atoms. The van der Waals surface area contributed by atoms with Gasteiger partial charge in [0.05, 0.1) is 4.92 Å². The molecule has 2 rings (SSSR count). The molecule has 0 aromatic heterocycles. The molecular weight excluding hydrogens is 350 g/mol. The Bertz CT molecular complexity index is 849. The van der Waals surface area contributed by atoms with Crippen molar-refractivity contribution in [3.05, 3.63) is 63.7 Å². The fourth-order valence-electron chi connectivity index (χ4n) is 2.36. The van der Waals surface area contributed by atoms with Crippen LogP contribution in [0.25, 0.3) is 0 Å². The third-order valence-corrected chi connectivity index (χ3v) is 3.58. The summed E-state index contributed by atoms with van der Waals surface area (Å²) in [5, 5.41) is 19.5. The van der Waals surface area contributed by atoms with Crippen LogP contribution in [0.15, 0.2) is 42.5 Å². The van der Waals surface area contributed by atoms with Gasteiger partial charge in [0.1, 0.15) is 5.69 Å². The Hall–Kier alpha value is -3.62. The lowest BCUT2D eigenvalue weighted by molar-refractivity contribution is -0.384. The number of carbonyl (C=O) groups is 2. The third-order valence-electron chi connectivity index (χ3n) is 3.58. The van der Waals surface area contributed by atoms with Crippen LogP contribution in [0.5, 0.6) is 0 Å². The Morgan fingerprint density at radius 2 is 1.81 bits per heavy atom. The molecule has 9 nitrogen and oxygen atoms in total. The van der Waals surface area contributed by atoms with Crippen molar-refractivity contribution in [1.82, 2.24) is 5.32 Å². The third kappa shape index (κ3) is 5.70. The minimum atomic E-state index is -0.655. The van der Waals surface area contributed by atoms with Crippen molar-refractivity contribution in [2.45, 2.75) is 26.4 Å². The van der Waals surface area contributed by atoms with Gasteiger partial charge in [0, 0.05) is 29.9 Å². The predicted octanol–water partition coefficient (Wildman–Crippen LogP) is 2.84. The molecule has 3 amide bonds. The summed E-state index contributed by atoms with van der Waals surface area (Å²) in [5.74, 6) is -0.364. The van der Waals surface area contributed by atoms with Crippen molar-refractivity contribution in [1.29, 1.82) is 0 Å². The number of urea groups is 1. The van der Waals surface area contributed by atoms with Gasteiger partial charge >= 0.3 is 6.03 Å². The van der Waals surface area contributed by atoms with Crippen LogP contribution in [0.2, 0.25) is 0 Å². The molecule has 0 spiro atoms. The summed E-state index contributed by atoms with van der Waals surface area (Å²) in [7, 11) is 0. The maximum Gasteiger partial charge on any atom is 0.316 e. The van der Waals surface area contributed by atoms with Crippen molar-refractivity contribution in [2.24, 2.45) is 5.73 Å². The zero-order chi connectivity index (χ0) is 20.0. The lowest BCUT2D eigenvalue weighted by Crippen LogP contribution is -2.30. The van der Waals surface area contributed by atoms with Crippen LogP contribution < -0.4 is 21.7 Å². The first kappa shape index (κ1) is 19.7. The molecule has 0 aliphatic heterocycles. The smallest absolute Gasteiger partial charge is 0.316 e. The minimum Gasteiger partial charge on any atom is -0.375 e. The number of carbonyl (C=O) groups excluding carboxylic acids is 2. The fraction of sp³-hybridized carbons (Fsp3) is 0.222. The lowest BCUT2D eigenvalue weighted by Gasteiger charge is -2.11. The number of hydrogen-bond acceptors (Lipinski definition) is 5. The quantitative estimate of drug-likeness (QED) is 0.438. The number of nitro groups is 1. The second kappa shape index (κ2) is 8.65. The van der Waals surface area contributed by atoms with Gasteiger partial charge in [-0.2, -0.15) is 0 Å². The van der Waals surface area contributed by atoms with Gasteiger partial charge in [-0.05, 0) is 43.7 Å². The molecule has 0 heterocycles. The van der Waals surface area contributed by atoms with E-state index in [0.29, 0.717) is 17.9 Å². The van der Waals surface area contributed by atoms with Crippen LogP contribution in [0.1, 0.15) is 29.8 Å². The SMILES string of the molecule is CC(C)NC(=O)c1ccc(NCc2ccc(NC(N)=O)cc2)c([N+](=O)[O-])c1. The summed E-state index contributed by atoms with van der Waals surface area (Å²) in [5.41, 5.74) is 6.80. The summed E-state index contributed by atoms with van der Waals surface area (Å²) in [6.45, 7) is 3.95. The van der Waals surface area contributed by atoms with Crippen molar-refractivity contribution < 1.29 is 14.5 Å². The topological polar surface area (TPSA) is 139 Å². The van der Waals surface area contributed by atoms with E-state index in [0.717, 1.165) is 5.56 Å². The summed E-state index contributed by atoms with van der Waals surface area (Å²) >= 11 is 0. The van der Waals surface area contributed by atoms with Gasteiger partial charge in [0.25, 0.3) is 11.6 Å². The number of rotatable bonds is 7. The number of hydrogen-bond donors (Lipinski definition) is 4. The molecule has 0 unspecified atom stereocenters. The monoisotopic (exact) mass is 371 g/mol. The van der Waals surface area contributed by atoms with Gasteiger partial charge < -0.3 is 21.7 Å². The highest BCUT2D eigenvalue weighted by atomic mass is 16.6. The second-order valence-corrected chi connectivity index (χ2v) is 6.16. The van der Waals surface area contributed by atoms with Crippen molar-refractivity contribution in [2.75, 3.05) is 10.6 Å². The first-order valence-electron chi connectivity index (χ1n) is 8.25. The van der Waals surface area contributed by atoms with Crippen LogP contribution in [0, 0.1) is 10.1 Å². The number of nitrogens with one attached hydrogen (secondary N) is 3. The molecule has 0 radical (unpaired) electrons. The normalized spacial score (nSPS) is 10.3. The molecule has 0 aliphatic carbocycles. The van der Waals surface area contributed by atoms with Crippen molar-refractivity contribution in [3.63, 3.8) is 0 Å². The molecule has 0 saturated carbocycles. The number of anilines is 2. The van der Waals surface area contributed by atoms with Gasteiger partial charge in [0.2, 0.25) is 0 Å². The number of nitrogens with zero attached hydrogens (tertiary/aromatic N) is 1. The number of primary amides is 1. The maximum absolute atomic E-state index is 12.0. The van der Waals surface area contributed by atoms with Crippen molar-refractivity contribution >= 4 is 29.0 Å². The standard InChI is InChI=1S/C18H21N5O4/c1-11(2)21-17(24)13-5-8-15(16(9-13)23(26)27)20-10-12-3-6-14(7-4-12)22-18(19)25/h3-9,11,20H,10H2,1-2H3,(H,21,24)(H3,19,22,25). The van der Waals surface area contributed by atoms with Gasteiger partial charge in [-0.1, -0.05) is 12.1 Å². The first-order chi connectivity index (χ1) is 12.8. The van der Waals surface area contributed by atoms with E-state index in [-0.39, 0.29) is 23.2 Å². The zero-order valence-electron chi connectivity index (χ0n) is 15.0. The van der Waals surface area contributed by atoms with Crippen LogP contribution in [0.3, 0.4) is 0 Å². The number of benzene rings is 2.